The maximum absolute atomic E-state index is 9.21. The fourth-order valence-corrected chi connectivity index (χ4v) is 0.809. The summed E-state index contributed by atoms with van der Waals surface area (Å²) < 4.78 is 4.87. The number of nitriles is 2. The van der Waals surface area contributed by atoms with Gasteiger partial charge in [0.2, 0.25) is 0 Å². The number of phenolic OH excluding ortho intramolecular Hbond substituents is 1. The molecule has 0 bridgehead atoms. The summed E-state index contributed by atoms with van der Waals surface area (Å²) in [7, 11) is 0. The number of nitrogens with zero attached hydrogens (tertiary/aromatic N) is 2. The summed E-state index contributed by atoms with van der Waals surface area (Å²) in [6, 6.07) is 7.86. The molecule has 13 heavy (non-hydrogen) atoms. The van der Waals surface area contributed by atoms with Crippen molar-refractivity contribution in [3.63, 3.8) is 0 Å². The van der Waals surface area contributed by atoms with Crippen LogP contribution < -0.4 is 4.74 Å². The minimum Gasteiger partial charge on any atom is -0.504 e. The number of ether oxygens (including phenoxy) is 1. The Morgan fingerprint density at radius 3 is 2.77 bits per heavy atom. The lowest BCUT2D eigenvalue weighted by Gasteiger charge is -2.03. The van der Waals surface area contributed by atoms with Crippen molar-refractivity contribution in [2.24, 2.45) is 0 Å². The summed E-state index contributed by atoms with van der Waals surface area (Å²) in [5.41, 5.74) is 0.380. The smallest absolute Gasteiger partial charge is 0.174 e. The van der Waals surface area contributed by atoms with E-state index in [0.717, 1.165) is 0 Å². The average Bonchev–Trinajstić information content (AvgIpc) is 2.17. The molecule has 0 atom stereocenters. The molecule has 1 N–H and O–H groups in total. The van der Waals surface area contributed by atoms with Gasteiger partial charge < -0.3 is 9.84 Å². The van der Waals surface area contributed by atoms with Crippen LogP contribution in [-0.4, -0.2) is 11.7 Å². The molecule has 64 valence electrons. The first-order valence-electron chi connectivity index (χ1n) is 3.51. The van der Waals surface area contributed by atoms with E-state index >= 15 is 0 Å². The topological polar surface area (TPSA) is 77.0 Å². The second-order valence-corrected chi connectivity index (χ2v) is 2.24. The van der Waals surface area contributed by atoms with Gasteiger partial charge in [-0.15, -0.1) is 0 Å². The highest BCUT2D eigenvalue weighted by Crippen LogP contribution is 2.26. The van der Waals surface area contributed by atoms with Gasteiger partial charge in [0.05, 0.1) is 11.6 Å². The Balaban J connectivity index is 2.93. The SMILES string of the molecule is N#CCOc1cc(C#N)ccc1O. The summed E-state index contributed by atoms with van der Waals surface area (Å²) in [6.45, 7) is -0.150. The van der Waals surface area contributed by atoms with E-state index in [9.17, 15) is 5.11 Å². The average molecular weight is 174 g/mol. The molecule has 0 saturated heterocycles. The third kappa shape index (κ3) is 2.11. The van der Waals surface area contributed by atoms with Gasteiger partial charge in [-0.3, -0.25) is 0 Å². The molecule has 0 fully saturated rings. The van der Waals surface area contributed by atoms with Gasteiger partial charge in [0, 0.05) is 6.07 Å². The number of aromatic hydroxyl groups is 1. The van der Waals surface area contributed by atoms with E-state index in [1.165, 1.54) is 18.2 Å². The second-order valence-electron chi connectivity index (χ2n) is 2.24. The molecule has 4 nitrogen and oxygen atoms in total. The van der Waals surface area contributed by atoms with Crippen LogP contribution in [0.4, 0.5) is 0 Å². The largest absolute Gasteiger partial charge is 0.504 e. The lowest BCUT2D eigenvalue weighted by molar-refractivity contribution is 0.340. The molecule has 1 rings (SSSR count). The molecular weight excluding hydrogens is 168 g/mol. The zero-order valence-electron chi connectivity index (χ0n) is 6.69. The van der Waals surface area contributed by atoms with Crippen LogP contribution in [0.3, 0.4) is 0 Å². The van der Waals surface area contributed by atoms with E-state index in [4.69, 9.17) is 15.3 Å². The summed E-state index contributed by atoms with van der Waals surface area (Å²) in [6.07, 6.45) is 0. The number of phenols is 1. The van der Waals surface area contributed by atoms with Gasteiger partial charge in [0.25, 0.3) is 0 Å². The van der Waals surface area contributed by atoms with Crippen molar-refractivity contribution in [1.82, 2.24) is 0 Å². The van der Waals surface area contributed by atoms with Crippen LogP contribution in [-0.2, 0) is 0 Å². The van der Waals surface area contributed by atoms with Crippen LogP contribution in [0.1, 0.15) is 5.56 Å². The first-order chi connectivity index (χ1) is 6.27. The highest BCUT2D eigenvalue weighted by atomic mass is 16.5. The predicted molar refractivity (Wildman–Crippen MR) is 43.9 cm³/mol. The Morgan fingerprint density at radius 2 is 2.15 bits per heavy atom. The molecule has 0 aromatic heterocycles. The summed E-state index contributed by atoms with van der Waals surface area (Å²) in [5.74, 6) is 0.0786. The molecule has 0 spiro atoms. The van der Waals surface area contributed by atoms with Crippen molar-refractivity contribution in [2.45, 2.75) is 0 Å². The molecule has 4 heteroatoms. The van der Waals surface area contributed by atoms with Crippen LogP contribution in [0, 0.1) is 22.7 Å². The lowest BCUT2D eigenvalue weighted by atomic mass is 10.2. The van der Waals surface area contributed by atoms with Gasteiger partial charge in [-0.05, 0) is 12.1 Å². The van der Waals surface area contributed by atoms with Gasteiger partial charge in [0.1, 0.15) is 6.07 Å². The van der Waals surface area contributed by atoms with Crippen LogP contribution in [0.2, 0.25) is 0 Å². The fourth-order valence-electron chi connectivity index (χ4n) is 0.809. The van der Waals surface area contributed by atoms with Crippen LogP contribution in [0.25, 0.3) is 0 Å². The second kappa shape index (κ2) is 3.99. The molecule has 0 radical (unpaired) electrons. The van der Waals surface area contributed by atoms with Gasteiger partial charge in [-0.2, -0.15) is 10.5 Å². The van der Waals surface area contributed by atoms with E-state index in [1.54, 1.807) is 6.07 Å². The Morgan fingerprint density at radius 1 is 1.38 bits per heavy atom. The minimum absolute atomic E-state index is 0.0748. The molecule has 0 aliphatic heterocycles. The van der Waals surface area contributed by atoms with E-state index < -0.39 is 0 Å². The van der Waals surface area contributed by atoms with E-state index in [0.29, 0.717) is 5.56 Å². The molecule has 0 amide bonds. The number of benzene rings is 1. The molecule has 0 unspecified atom stereocenters. The zero-order chi connectivity index (χ0) is 9.68. The van der Waals surface area contributed by atoms with Crippen molar-refractivity contribution in [1.29, 1.82) is 10.5 Å². The van der Waals surface area contributed by atoms with Crippen molar-refractivity contribution in [3.8, 4) is 23.6 Å². The lowest BCUT2D eigenvalue weighted by Crippen LogP contribution is -1.93. The van der Waals surface area contributed by atoms with Gasteiger partial charge in [0.15, 0.2) is 18.1 Å². The van der Waals surface area contributed by atoms with Crippen LogP contribution in [0.15, 0.2) is 18.2 Å². The minimum atomic E-state index is -0.150. The normalized spacial score (nSPS) is 8.46. The van der Waals surface area contributed by atoms with Gasteiger partial charge >= 0.3 is 0 Å². The first-order valence-corrected chi connectivity index (χ1v) is 3.51. The van der Waals surface area contributed by atoms with Crippen molar-refractivity contribution < 1.29 is 9.84 Å². The van der Waals surface area contributed by atoms with Gasteiger partial charge in [-0.1, -0.05) is 0 Å². The zero-order valence-corrected chi connectivity index (χ0v) is 6.69. The molecule has 0 heterocycles. The molecule has 0 aliphatic rings. The number of hydrogen-bond donors (Lipinski definition) is 1. The monoisotopic (exact) mass is 174 g/mol. The first kappa shape index (κ1) is 8.89. The Hall–Kier alpha value is -2.20. The quantitative estimate of drug-likeness (QED) is 0.729. The van der Waals surface area contributed by atoms with E-state index in [-0.39, 0.29) is 18.1 Å². The molecule has 1 aromatic rings. The molecule has 0 aliphatic carbocycles. The highest BCUT2D eigenvalue weighted by molar-refractivity contribution is 5.45. The third-order valence-electron chi connectivity index (χ3n) is 1.38. The number of hydrogen-bond acceptors (Lipinski definition) is 4. The third-order valence-corrected chi connectivity index (χ3v) is 1.38. The maximum Gasteiger partial charge on any atom is 0.174 e. The fraction of sp³-hybridized carbons (Fsp3) is 0.111. The van der Waals surface area contributed by atoms with E-state index in [1.807, 2.05) is 6.07 Å². The Labute approximate surface area is 75.2 Å². The highest BCUT2D eigenvalue weighted by Gasteiger charge is 2.02. The summed E-state index contributed by atoms with van der Waals surface area (Å²) in [5, 5.41) is 26.0. The van der Waals surface area contributed by atoms with Crippen LogP contribution in [0.5, 0.6) is 11.5 Å². The predicted octanol–water partition coefficient (Wildman–Crippen LogP) is 1.17. The Bertz CT molecular complexity index is 388. The number of rotatable bonds is 2. The maximum atomic E-state index is 9.21. The Kier molecular flexibility index (Phi) is 2.73. The molecule has 1 aromatic carbocycles. The molecular formula is C9H6N2O2. The summed E-state index contributed by atoms with van der Waals surface area (Å²) >= 11 is 0. The van der Waals surface area contributed by atoms with Crippen molar-refractivity contribution in [3.05, 3.63) is 23.8 Å². The van der Waals surface area contributed by atoms with Crippen molar-refractivity contribution >= 4 is 0 Å². The summed E-state index contributed by atoms with van der Waals surface area (Å²) in [4.78, 5) is 0. The van der Waals surface area contributed by atoms with Crippen molar-refractivity contribution in [2.75, 3.05) is 6.61 Å². The standard InChI is InChI=1S/C9H6N2O2/c10-3-4-13-9-5-7(6-11)1-2-8(9)12/h1-2,5,12H,4H2. The molecule has 0 saturated carbocycles. The van der Waals surface area contributed by atoms with Gasteiger partial charge in [-0.25, -0.2) is 0 Å². The van der Waals surface area contributed by atoms with E-state index in [2.05, 4.69) is 0 Å². The van der Waals surface area contributed by atoms with Crippen LogP contribution >= 0.6 is 0 Å².